The molecule has 0 unspecified atom stereocenters. The van der Waals surface area contributed by atoms with Crippen molar-refractivity contribution in [2.24, 2.45) is 9.98 Å². The summed E-state index contributed by atoms with van der Waals surface area (Å²) in [5, 5.41) is 3.34. The molecule has 3 aromatic rings. The van der Waals surface area contributed by atoms with Crippen LogP contribution in [0, 0.1) is 11.6 Å². The normalized spacial score (nSPS) is 13.0. The lowest BCUT2D eigenvalue weighted by Gasteiger charge is -2.09. The van der Waals surface area contributed by atoms with Crippen LogP contribution >= 0.6 is 23.4 Å². The summed E-state index contributed by atoms with van der Waals surface area (Å²) < 4.78 is 26.6. The number of halogens is 3. The van der Waals surface area contributed by atoms with Crippen LogP contribution in [-0.2, 0) is 4.79 Å². The molecule has 0 saturated carbocycles. The molecule has 156 valence electrons. The third-order valence-electron chi connectivity index (χ3n) is 4.45. The molecule has 0 saturated heterocycles. The molecule has 4 rings (SSSR count). The van der Waals surface area contributed by atoms with Gasteiger partial charge in [0, 0.05) is 12.1 Å². The minimum atomic E-state index is -0.548. The average molecular weight is 456 g/mol. The fourth-order valence-electron chi connectivity index (χ4n) is 2.97. The zero-order valence-corrected chi connectivity index (χ0v) is 17.7. The lowest BCUT2D eigenvalue weighted by atomic mass is 10.1. The van der Waals surface area contributed by atoms with E-state index in [0.29, 0.717) is 28.5 Å². The number of aliphatic imine (C=N–C) groups is 2. The third-order valence-corrected chi connectivity index (χ3v) is 5.72. The summed E-state index contributed by atoms with van der Waals surface area (Å²) in [6, 6.07) is 17.6. The molecule has 0 bridgehead atoms. The number of thioether (sulfide) groups is 1. The molecule has 1 heterocycles. The standard InChI is InChI=1S/C23H16ClF2N3OS/c24-17-11-16(9-10-18(17)26)27-22(30)13-31-23-12-21(14-5-7-15(25)8-6-14)28-19-3-1-2-4-20(19)29-23/h1-11H,12-13H2,(H,27,30). The van der Waals surface area contributed by atoms with Gasteiger partial charge in [-0.2, -0.15) is 0 Å². The number of carbonyl (C=O) groups is 1. The molecular formula is C23H16ClF2N3OS. The Morgan fingerprint density at radius 2 is 1.71 bits per heavy atom. The predicted octanol–water partition coefficient (Wildman–Crippen LogP) is 6.54. The maximum Gasteiger partial charge on any atom is 0.234 e. The maximum atomic E-state index is 13.3. The van der Waals surface area contributed by atoms with Gasteiger partial charge >= 0.3 is 0 Å². The second kappa shape index (κ2) is 9.41. The van der Waals surface area contributed by atoms with Gasteiger partial charge in [-0.05, 0) is 48.0 Å². The summed E-state index contributed by atoms with van der Waals surface area (Å²) in [7, 11) is 0. The monoisotopic (exact) mass is 455 g/mol. The van der Waals surface area contributed by atoms with E-state index in [1.54, 1.807) is 12.1 Å². The molecule has 0 radical (unpaired) electrons. The van der Waals surface area contributed by atoms with Gasteiger partial charge in [0.2, 0.25) is 5.91 Å². The van der Waals surface area contributed by atoms with Crippen LogP contribution in [0.2, 0.25) is 5.02 Å². The Labute approximate surface area is 187 Å². The van der Waals surface area contributed by atoms with Crippen molar-refractivity contribution in [2.75, 3.05) is 11.1 Å². The van der Waals surface area contributed by atoms with E-state index in [-0.39, 0.29) is 22.5 Å². The Morgan fingerprint density at radius 3 is 2.42 bits per heavy atom. The Kier molecular flexibility index (Phi) is 6.44. The van der Waals surface area contributed by atoms with Gasteiger partial charge in [-0.3, -0.25) is 9.79 Å². The first-order valence-corrected chi connectivity index (χ1v) is 10.7. The van der Waals surface area contributed by atoms with Crippen molar-refractivity contribution in [3.63, 3.8) is 0 Å². The molecule has 0 aliphatic carbocycles. The number of carbonyl (C=O) groups excluding carboxylic acids is 1. The van der Waals surface area contributed by atoms with E-state index in [1.807, 2.05) is 24.3 Å². The van der Waals surface area contributed by atoms with Crippen molar-refractivity contribution in [3.05, 3.63) is 89.0 Å². The number of nitrogens with zero attached hydrogens (tertiary/aromatic N) is 2. The van der Waals surface area contributed by atoms with Crippen molar-refractivity contribution >= 4 is 57.1 Å². The smallest absolute Gasteiger partial charge is 0.234 e. The molecule has 1 aliphatic heterocycles. The van der Waals surface area contributed by atoms with Gasteiger partial charge < -0.3 is 5.32 Å². The van der Waals surface area contributed by atoms with Gasteiger partial charge in [-0.15, -0.1) is 11.8 Å². The van der Waals surface area contributed by atoms with E-state index in [9.17, 15) is 13.6 Å². The summed E-state index contributed by atoms with van der Waals surface area (Å²) in [6.07, 6.45) is 0.403. The van der Waals surface area contributed by atoms with Gasteiger partial charge in [0.1, 0.15) is 11.6 Å². The Hall–Kier alpha value is -3.03. The quantitative estimate of drug-likeness (QED) is 0.485. The summed E-state index contributed by atoms with van der Waals surface area (Å²) >= 11 is 7.05. The van der Waals surface area contributed by atoms with Crippen LogP contribution in [0.1, 0.15) is 12.0 Å². The SMILES string of the molecule is O=C(CSC1=Nc2ccccc2N=C(c2ccc(F)cc2)C1)Nc1ccc(F)c(Cl)c1. The predicted molar refractivity (Wildman–Crippen MR) is 123 cm³/mol. The van der Waals surface area contributed by atoms with E-state index >= 15 is 0 Å². The lowest BCUT2D eigenvalue weighted by molar-refractivity contribution is -0.113. The number of rotatable bonds is 4. The second-order valence-corrected chi connectivity index (χ2v) is 8.16. The Bertz CT molecular complexity index is 1200. The highest BCUT2D eigenvalue weighted by Crippen LogP contribution is 2.33. The first kappa shape index (κ1) is 21.2. The number of nitrogens with one attached hydrogen (secondary N) is 1. The molecule has 0 spiro atoms. The summed E-state index contributed by atoms with van der Waals surface area (Å²) in [5.41, 5.74) is 3.35. The Balaban J connectivity index is 1.51. The van der Waals surface area contributed by atoms with Crippen LogP contribution in [0.4, 0.5) is 25.8 Å². The highest BCUT2D eigenvalue weighted by atomic mass is 35.5. The maximum absolute atomic E-state index is 13.3. The molecule has 1 amide bonds. The molecule has 0 fully saturated rings. The topological polar surface area (TPSA) is 53.8 Å². The molecule has 3 aromatic carbocycles. The molecule has 0 aromatic heterocycles. The van der Waals surface area contributed by atoms with E-state index in [1.165, 1.54) is 42.1 Å². The molecule has 8 heteroatoms. The summed E-state index contributed by atoms with van der Waals surface area (Å²) in [5.74, 6) is -1.03. The number of hydrogen-bond donors (Lipinski definition) is 1. The number of amides is 1. The third kappa shape index (κ3) is 5.37. The van der Waals surface area contributed by atoms with Crippen molar-refractivity contribution < 1.29 is 13.6 Å². The number of fused-ring (bicyclic) bond motifs is 1. The first-order valence-electron chi connectivity index (χ1n) is 9.36. The van der Waals surface area contributed by atoms with E-state index < -0.39 is 5.82 Å². The average Bonchev–Trinajstić information content (AvgIpc) is 2.95. The molecule has 1 N–H and O–H groups in total. The highest BCUT2D eigenvalue weighted by Gasteiger charge is 2.17. The van der Waals surface area contributed by atoms with Gasteiger partial charge in [0.25, 0.3) is 0 Å². The van der Waals surface area contributed by atoms with E-state index in [2.05, 4.69) is 10.3 Å². The fourth-order valence-corrected chi connectivity index (χ4v) is 3.92. The summed E-state index contributed by atoms with van der Waals surface area (Å²) in [6.45, 7) is 0. The van der Waals surface area contributed by atoms with E-state index in [0.717, 1.165) is 11.3 Å². The van der Waals surface area contributed by atoms with Gasteiger partial charge in [0.15, 0.2) is 0 Å². The van der Waals surface area contributed by atoms with Crippen LogP contribution in [-0.4, -0.2) is 22.4 Å². The van der Waals surface area contributed by atoms with Crippen molar-refractivity contribution in [1.29, 1.82) is 0 Å². The first-order chi connectivity index (χ1) is 15.0. The van der Waals surface area contributed by atoms with Crippen molar-refractivity contribution in [1.82, 2.24) is 0 Å². The van der Waals surface area contributed by atoms with Crippen LogP contribution < -0.4 is 5.32 Å². The molecular weight excluding hydrogens is 440 g/mol. The number of anilines is 1. The highest BCUT2D eigenvalue weighted by molar-refractivity contribution is 8.14. The van der Waals surface area contributed by atoms with E-state index in [4.69, 9.17) is 16.6 Å². The van der Waals surface area contributed by atoms with Gasteiger partial charge in [-0.25, -0.2) is 13.8 Å². The van der Waals surface area contributed by atoms with Crippen molar-refractivity contribution in [3.8, 4) is 0 Å². The van der Waals surface area contributed by atoms with Crippen LogP contribution in [0.5, 0.6) is 0 Å². The number of hydrogen-bond acceptors (Lipinski definition) is 4. The zero-order chi connectivity index (χ0) is 21.8. The molecule has 0 atom stereocenters. The second-order valence-electron chi connectivity index (χ2n) is 6.70. The number of para-hydroxylation sites is 2. The largest absolute Gasteiger partial charge is 0.325 e. The summed E-state index contributed by atoms with van der Waals surface area (Å²) in [4.78, 5) is 21.8. The molecule has 4 nitrogen and oxygen atoms in total. The van der Waals surface area contributed by atoms with Crippen LogP contribution in [0.3, 0.4) is 0 Å². The minimum Gasteiger partial charge on any atom is -0.325 e. The Morgan fingerprint density at radius 1 is 1.00 bits per heavy atom. The van der Waals surface area contributed by atoms with Crippen LogP contribution in [0.15, 0.2) is 76.7 Å². The van der Waals surface area contributed by atoms with Crippen LogP contribution in [0.25, 0.3) is 0 Å². The molecule has 1 aliphatic rings. The van der Waals surface area contributed by atoms with Gasteiger partial charge in [-0.1, -0.05) is 35.9 Å². The number of benzene rings is 3. The van der Waals surface area contributed by atoms with Gasteiger partial charge in [0.05, 0.1) is 32.9 Å². The fraction of sp³-hybridized carbons (Fsp3) is 0.0870. The van der Waals surface area contributed by atoms with Crippen molar-refractivity contribution in [2.45, 2.75) is 6.42 Å². The lowest BCUT2D eigenvalue weighted by Crippen LogP contribution is -2.16. The minimum absolute atomic E-state index is 0.0599. The molecule has 31 heavy (non-hydrogen) atoms. The zero-order valence-electron chi connectivity index (χ0n) is 16.1.